The third kappa shape index (κ3) is 2.28. The lowest BCUT2D eigenvalue weighted by molar-refractivity contribution is 0.0697. The molecule has 86 valence electrons. The molecule has 5 heteroatoms. The summed E-state index contributed by atoms with van der Waals surface area (Å²) in [4.78, 5) is 14.3. The van der Waals surface area contributed by atoms with E-state index in [1.165, 1.54) is 6.20 Å². The molecule has 0 radical (unpaired) electrons. The number of nitrogens with zero attached hydrogens (tertiary/aromatic N) is 1. The average Bonchev–Trinajstić information content (AvgIpc) is 2.29. The standard InChI is InChI=1S/C12H7F2NO2/c13-9-3-8(5-15-6-9)10-4-7(12(16)17)1-2-11(10)14/h1-6H,(H,16,17). The highest BCUT2D eigenvalue weighted by Crippen LogP contribution is 2.23. The SMILES string of the molecule is O=C(O)c1ccc(F)c(-c2cncc(F)c2)c1. The molecular formula is C12H7F2NO2. The Hall–Kier alpha value is -2.30. The second kappa shape index (κ2) is 4.29. The van der Waals surface area contributed by atoms with Gasteiger partial charge in [-0.2, -0.15) is 0 Å². The second-order valence-corrected chi connectivity index (χ2v) is 3.39. The topological polar surface area (TPSA) is 50.2 Å². The molecule has 1 N–H and O–H groups in total. The van der Waals surface area contributed by atoms with Crippen LogP contribution in [0.15, 0.2) is 36.7 Å². The quantitative estimate of drug-likeness (QED) is 0.870. The summed E-state index contributed by atoms with van der Waals surface area (Å²) < 4.78 is 26.4. The molecule has 3 nitrogen and oxygen atoms in total. The van der Waals surface area contributed by atoms with Crippen molar-refractivity contribution in [3.8, 4) is 11.1 Å². The van der Waals surface area contributed by atoms with Gasteiger partial charge in [0.05, 0.1) is 11.8 Å². The Morgan fingerprint density at radius 1 is 1.18 bits per heavy atom. The third-order valence-corrected chi connectivity index (χ3v) is 2.23. The number of carboxylic acid groups (broad SMARTS) is 1. The summed E-state index contributed by atoms with van der Waals surface area (Å²) in [6.45, 7) is 0. The van der Waals surface area contributed by atoms with Crippen molar-refractivity contribution in [2.75, 3.05) is 0 Å². The van der Waals surface area contributed by atoms with E-state index in [-0.39, 0.29) is 16.7 Å². The number of hydrogen-bond donors (Lipinski definition) is 1. The Morgan fingerprint density at radius 3 is 2.59 bits per heavy atom. The first-order chi connectivity index (χ1) is 8.08. The summed E-state index contributed by atoms with van der Waals surface area (Å²) in [5, 5.41) is 8.79. The van der Waals surface area contributed by atoms with Crippen molar-refractivity contribution < 1.29 is 18.7 Å². The fourth-order valence-corrected chi connectivity index (χ4v) is 1.44. The Balaban J connectivity index is 2.58. The lowest BCUT2D eigenvalue weighted by Crippen LogP contribution is -1.98. The Labute approximate surface area is 95.4 Å². The van der Waals surface area contributed by atoms with Gasteiger partial charge in [0.2, 0.25) is 0 Å². The molecular weight excluding hydrogens is 228 g/mol. The minimum Gasteiger partial charge on any atom is -0.478 e. The zero-order valence-corrected chi connectivity index (χ0v) is 8.52. The minimum atomic E-state index is -1.17. The summed E-state index contributed by atoms with van der Waals surface area (Å²) in [7, 11) is 0. The maximum Gasteiger partial charge on any atom is 0.335 e. The van der Waals surface area contributed by atoms with Crippen molar-refractivity contribution in [2.45, 2.75) is 0 Å². The van der Waals surface area contributed by atoms with E-state index in [2.05, 4.69) is 4.98 Å². The van der Waals surface area contributed by atoms with Gasteiger partial charge in [-0.3, -0.25) is 4.98 Å². The highest BCUT2D eigenvalue weighted by atomic mass is 19.1. The van der Waals surface area contributed by atoms with Crippen molar-refractivity contribution in [2.24, 2.45) is 0 Å². The second-order valence-electron chi connectivity index (χ2n) is 3.39. The highest BCUT2D eigenvalue weighted by Gasteiger charge is 2.10. The fraction of sp³-hybridized carbons (Fsp3) is 0. The van der Waals surface area contributed by atoms with Crippen LogP contribution < -0.4 is 0 Å². The Morgan fingerprint density at radius 2 is 1.94 bits per heavy atom. The van der Waals surface area contributed by atoms with Crippen LogP contribution in [0.25, 0.3) is 11.1 Å². The number of carbonyl (C=O) groups is 1. The molecule has 0 fully saturated rings. The molecule has 0 unspecified atom stereocenters. The molecule has 0 aliphatic heterocycles. The van der Waals surface area contributed by atoms with Crippen LogP contribution in [-0.4, -0.2) is 16.1 Å². The van der Waals surface area contributed by atoms with Crippen molar-refractivity contribution in [3.05, 3.63) is 53.9 Å². The van der Waals surface area contributed by atoms with Crippen LogP contribution in [0.2, 0.25) is 0 Å². The van der Waals surface area contributed by atoms with Crippen LogP contribution >= 0.6 is 0 Å². The Kier molecular flexibility index (Phi) is 2.82. The van der Waals surface area contributed by atoms with Gasteiger partial charge in [-0.05, 0) is 24.3 Å². The van der Waals surface area contributed by atoms with E-state index < -0.39 is 17.6 Å². The van der Waals surface area contributed by atoms with Gasteiger partial charge in [-0.1, -0.05) is 0 Å². The largest absolute Gasteiger partial charge is 0.478 e. The summed E-state index contributed by atoms with van der Waals surface area (Å²) >= 11 is 0. The van der Waals surface area contributed by atoms with Gasteiger partial charge < -0.3 is 5.11 Å². The normalized spacial score (nSPS) is 10.2. The summed E-state index contributed by atoms with van der Waals surface area (Å²) in [5.74, 6) is -2.40. The minimum absolute atomic E-state index is 0.0110. The zero-order chi connectivity index (χ0) is 12.4. The van der Waals surface area contributed by atoms with E-state index in [9.17, 15) is 13.6 Å². The number of aromatic carboxylic acids is 1. The molecule has 0 spiro atoms. The number of benzene rings is 1. The summed E-state index contributed by atoms with van der Waals surface area (Å²) in [6, 6.07) is 4.42. The van der Waals surface area contributed by atoms with Crippen LogP contribution in [-0.2, 0) is 0 Å². The first-order valence-corrected chi connectivity index (χ1v) is 4.71. The molecule has 1 heterocycles. The van der Waals surface area contributed by atoms with Gasteiger partial charge in [-0.25, -0.2) is 13.6 Å². The van der Waals surface area contributed by atoms with Gasteiger partial charge in [0.15, 0.2) is 0 Å². The van der Waals surface area contributed by atoms with E-state index in [1.54, 1.807) is 0 Å². The van der Waals surface area contributed by atoms with Crippen molar-refractivity contribution in [3.63, 3.8) is 0 Å². The van der Waals surface area contributed by atoms with Crippen LogP contribution in [0.1, 0.15) is 10.4 Å². The maximum atomic E-state index is 13.5. The van der Waals surface area contributed by atoms with Crippen LogP contribution in [0.4, 0.5) is 8.78 Å². The Bertz CT molecular complexity index is 584. The fourth-order valence-electron chi connectivity index (χ4n) is 1.44. The molecule has 1 aromatic heterocycles. The first-order valence-electron chi connectivity index (χ1n) is 4.71. The zero-order valence-electron chi connectivity index (χ0n) is 8.52. The lowest BCUT2D eigenvalue weighted by Gasteiger charge is -2.04. The van der Waals surface area contributed by atoms with Gasteiger partial charge in [-0.15, -0.1) is 0 Å². The molecule has 0 aliphatic carbocycles. The summed E-state index contributed by atoms with van der Waals surface area (Å²) in [5.41, 5.74) is 0.146. The molecule has 0 atom stereocenters. The van der Waals surface area contributed by atoms with Crippen molar-refractivity contribution in [1.29, 1.82) is 0 Å². The number of rotatable bonds is 2. The molecule has 0 aliphatic rings. The van der Waals surface area contributed by atoms with E-state index in [4.69, 9.17) is 5.11 Å². The van der Waals surface area contributed by atoms with Crippen LogP contribution in [0.3, 0.4) is 0 Å². The lowest BCUT2D eigenvalue weighted by atomic mass is 10.0. The average molecular weight is 235 g/mol. The molecule has 0 saturated heterocycles. The highest BCUT2D eigenvalue weighted by molar-refractivity contribution is 5.89. The van der Waals surface area contributed by atoms with Gasteiger partial charge in [0.25, 0.3) is 0 Å². The molecule has 0 saturated carbocycles. The molecule has 2 aromatic rings. The van der Waals surface area contributed by atoms with E-state index >= 15 is 0 Å². The number of carboxylic acids is 1. The van der Waals surface area contributed by atoms with Gasteiger partial charge >= 0.3 is 5.97 Å². The predicted molar refractivity (Wildman–Crippen MR) is 56.5 cm³/mol. The third-order valence-electron chi connectivity index (χ3n) is 2.23. The molecule has 1 aromatic carbocycles. The number of aromatic nitrogens is 1. The molecule has 0 amide bonds. The predicted octanol–water partition coefficient (Wildman–Crippen LogP) is 2.73. The summed E-state index contributed by atoms with van der Waals surface area (Å²) in [6.07, 6.45) is 2.26. The first kappa shape index (κ1) is 11.2. The number of pyridine rings is 1. The van der Waals surface area contributed by atoms with Crippen LogP contribution in [0, 0.1) is 11.6 Å². The van der Waals surface area contributed by atoms with E-state index in [1.807, 2.05) is 0 Å². The monoisotopic (exact) mass is 235 g/mol. The molecule has 2 rings (SSSR count). The van der Waals surface area contributed by atoms with Crippen molar-refractivity contribution >= 4 is 5.97 Å². The van der Waals surface area contributed by atoms with E-state index in [0.717, 1.165) is 30.5 Å². The van der Waals surface area contributed by atoms with E-state index in [0.29, 0.717) is 0 Å². The van der Waals surface area contributed by atoms with Crippen LogP contribution in [0.5, 0.6) is 0 Å². The van der Waals surface area contributed by atoms with Gasteiger partial charge in [0, 0.05) is 17.3 Å². The number of halogens is 2. The molecule has 17 heavy (non-hydrogen) atoms. The smallest absolute Gasteiger partial charge is 0.335 e. The maximum absolute atomic E-state index is 13.5. The number of hydrogen-bond acceptors (Lipinski definition) is 2. The van der Waals surface area contributed by atoms with Crippen molar-refractivity contribution in [1.82, 2.24) is 4.98 Å². The van der Waals surface area contributed by atoms with Gasteiger partial charge in [0.1, 0.15) is 11.6 Å². The molecule has 0 bridgehead atoms.